The molecule has 0 N–H and O–H groups in total. The van der Waals surface area contributed by atoms with Crippen LogP contribution in [0.1, 0.15) is 30.5 Å². The predicted molar refractivity (Wildman–Crippen MR) is 129 cm³/mol. The second-order valence-corrected chi connectivity index (χ2v) is 8.38. The number of hydrogen-bond donors (Lipinski definition) is 0. The summed E-state index contributed by atoms with van der Waals surface area (Å²) in [5.74, 6) is 0.214. The second kappa shape index (κ2) is 9.83. The van der Waals surface area contributed by atoms with Gasteiger partial charge in [-0.25, -0.2) is 9.79 Å². The number of aromatic nitrogens is 1. The summed E-state index contributed by atoms with van der Waals surface area (Å²) in [7, 11) is 1.34. The lowest BCUT2D eigenvalue weighted by atomic mass is 9.95. The summed E-state index contributed by atoms with van der Waals surface area (Å²) in [6.45, 7) is 6.00. The van der Waals surface area contributed by atoms with Crippen LogP contribution in [0, 0.1) is 0 Å². The van der Waals surface area contributed by atoms with Gasteiger partial charge in [0.2, 0.25) is 0 Å². The zero-order chi connectivity index (χ0) is 23.4. The van der Waals surface area contributed by atoms with Crippen molar-refractivity contribution in [3.05, 3.63) is 109 Å². The molecule has 4 rings (SSSR count). The Bertz CT molecular complexity index is 1400. The molecule has 0 saturated heterocycles. The van der Waals surface area contributed by atoms with E-state index in [1.165, 1.54) is 18.4 Å². The molecular formula is C26H24N2O4S. The first-order valence-corrected chi connectivity index (χ1v) is 11.4. The van der Waals surface area contributed by atoms with Gasteiger partial charge in [-0.2, -0.15) is 0 Å². The number of ether oxygens (including phenoxy) is 2. The van der Waals surface area contributed by atoms with Crippen LogP contribution in [0.2, 0.25) is 0 Å². The van der Waals surface area contributed by atoms with Crippen molar-refractivity contribution in [3.8, 4) is 5.75 Å². The van der Waals surface area contributed by atoms with Gasteiger partial charge in [0.25, 0.3) is 5.56 Å². The number of carbonyl (C=O) groups is 1. The molecule has 33 heavy (non-hydrogen) atoms. The Hall–Kier alpha value is -3.71. The fraction of sp³-hybridized carbons (Fsp3) is 0.192. The van der Waals surface area contributed by atoms with Crippen molar-refractivity contribution in [2.75, 3.05) is 13.7 Å². The highest BCUT2D eigenvalue weighted by Gasteiger charge is 2.33. The Balaban J connectivity index is 1.91. The summed E-state index contributed by atoms with van der Waals surface area (Å²) >= 11 is 1.30. The summed E-state index contributed by atoms with van der Waals surface area (Å²) in [5.41, 5.74) is 2.47. The monoisotopic (exact) mass is 460 g/mol. The molecule has 3 aromatic rings. The highest BCUT2D eigenvalue weighted by atomic mass is 32.1. The van der Waals surface area contributed by atoms with Gasteiger partial charge in [0.1, 0.15) is 12.4 Å². The second-order valence-electron chi connectivity index (χ2n) is 7.37. The van der Waals surface area contributed by atoms with E-state index in [0.717, 1.165) is 11.1 Å². The number of allylic oxidation sites excluding steroid dienone is 1. The van der Waals surface area contributed by atoms with Crippen LogP contribution in [0.4, 0.5) is 0 Å². The first-order valence-electron chi connectivity index (χ1n) is 10.6. The van der Waals surface area contributed by atoms with E-state index < -0.39 is 12.0 Å². The molecule has 7 heteroatoms. The van der Waals surface area contributed by atoms with Crippen LogP contribution in [0.5, 0.6) is 5.75 Å². The van der Waals surface area contributed by atoms with Gasteiger partial charge >= 0.3 is 5.97 Å². The Morgan fingerprint density at radius 2 is 2.00 bits per heavy atom. The third-order valence-electron chi connectivity index (χ3n) is 5.29. The smallest absolute Gasteiger partial charge is 0.338 e. The highest BCUT2D eigenvalue weighted by Crippen LogP contribution is 2.31. The SMILES string of the molecule is C=CCOc1cccc(/C=c2/sc3n(c2=O)[C@@H](c2ccccc2)C(C(=O)OC)=C(CC)N=3)c1. The molecule has 1 aliphatic rings. The zero-order valence-electron chi connectivity index (χ0n) is 18.5. The summed E-state index contributed by atoms with van der Waals surface area (Å²) in [6.07, 6.45) is 4.04. The van der Waals surface area contributed by atoms with E-state index in [0.29, 0.717) is 39.4 Å². The maximum absolute atomic E-state index is 13.6. The minimum absolute atomic E-state index is 0.207. The van der Waals surface area contributed by atoms with Crippen LogP contribution >= 0.6 is 11.3 Å². The van der Waals surface area contributed by atoms with Crippen molar-refractivity contribution in [2.45, 2.75) is 19.4 Å². The largest absolute Gasteiger partial charge is 0.490 e. The predicted octanol–water partition coefficient (Wildman–Crippen LogP) is 3.36. The van der Waals surface area contributed by atoms with Gasteiger partial charge in [-0.05, 0) is 35.8 Å². The van der Waals surface area contributed by atoms with Gasteiger partial charge < -0.3 is 9.47 Å². The number of thiazole rings is 1. The summed E-state index contributed by atoms with van der Waals surface area (Å²) in [4.78, 5) is 31.6. The molecule has 0 aliphatic carbocycles. The Labute approximate surface area is 195 Å². The molecule has 2 aromatic carbocycles. The topological polar surface area (TPSA) is 69.9 Å². The normalized spacial score (nSPS) is 15.6. The maximum Gasteiger partial charge on any atom is 0.338 e. The van der Waals surface area contributed by atoms with Gasteiger partial charge in [-0.3, -0.25) is 9.36 Å². The first kappa shape index (κ1) is 22.5. The van der Waals surface area contributed by atoms with Crippen molar-refractivity contribution in [1.29, 1.82) is 0 Å². The van der Waals surface area contributed by atoms with Crippen LogP contribution in [0.3, 0.4) is 0 Å². The quantitative estimate of drug-likeness (QED) is 0.401. The minimum Gasteiger partial charge on any atom is -0.490 e. The van der Waals surface area contributed by atoms with Crippen LogP contribution in [-0.2, 0) is 9.53 Å². The average molecular weight is 461 g/mol. The van der Waals surface area contributed by atoms with E-state index in [1.807, 2.05) is 67.6 Å². The first-order chi connectivity index (χ1) is 16.1. The molecule has 0 amide bonds. The van der Waals surface area contributed by atoms with Crippen LogP contribution < -0.4 is 19.6 Å². The molecule has 1 aromatic heterocycles. The molecule has 168 valence electrons. The molecule has 1 atom stereocenters. The molecule has 1 aliphatic heterocycles. The fourth-order valence-corrected chi connectivity index (χ4v) is 4.84. The number of fused-ring (bicyclic) bond motifs is 1. The summed E-state index contributed by atoms with van der Waals surface area (Å²) in [5, 5.41) is 0. The van der Waals surface area contributed by atoms with E-state index in [-0.39, 0.29) is 5.56 Å². The van der Waals surface area contributed by atoms with E-state index in [4.69, 9.17) is 9.47 Å². The third kappa shape index (κ3) is 4.45. The van der Waals surface area contributed by atoms with Crippen LogP contribution in [0.25, 0.3) is 6.08 Å². The van der Waals surface area contributed by atoms with Gasteiger partial charge in [0.15, 0.2) is 4.80 Å². The van der Waals surface area contributed by atoms with E-state index in [2.05, 4.69) is 11.6 Å². The van der Waals surface area contributed by atoms with Crippen molar-refractivity contribution in [3.63, 3.8) is 0 Å². The summed E-state index contributed by atoms with van der Waals surface area (Å²) in [6, 6.07) is 16.4. The van der Waals surface area contributed by atoms with Crippen LogP contribution in [0.15, 0.2) is 88.3 Å². The number of nitrogens with zero attached hydrogens (tertiary/aromatic N) is 2. The van der Waals surface area contributed by atoms with Gasteiger partial charge in [-0.1, -0.05) is 73.4 Å². The standard InChI is InChI=1S/C26H24N2O4S/c1-4-14-32-19-13-9-10-17(15-19)16-21-24(29)28-23(18-11-7-6-8-12-18)22(25(30)31-3)20(5-2)27-26(28)33-21/h4,6-13,15-16,23H,1,5,14H2,2-3H3/b21-16+/t23-/m0/s1. The van der Waals surface area contributed by atoms with E-state index in [9.17, 15) is 9.59 Å². The highest BCUT2D eigenvalue weighted by molar-refractivity contribution is 7.07. The number of carbonyl (C=O) groups excluding carboxylic acids is 1. The minimum atomic E-state index is -0.603. The molecule has 0 unspecified atom stereocenters. The van der Waals surface area contributed by atoms with E-state index in [1.54, 1.807) is 10.6 Å². The average Bonchev–Trinajstić information content (AvgIpc) is 3.16. The number of esters is 1. The van der Waals surface area contributed by atoms with Gasteiger partial charge in [0.05, 0.1) is 29.0 Å². The number of hydrogen-bond acceptors (Lipinski definition) is 6. The molecule has 0 fully saturated rings. The van der Waals surface area contributed by atoms with Crippen molar-refractivity contribution < 1.29 is 14.3 Å². The van der Waals surface area contributed by atoms with Crippen molar-refractivity contribution in [2.24, 2.45) is 4.99 Å². The zero-order valence-corrected chi connectivity index (χ0v) is 19.3. The molecule has 6 nitrogen and oxygen atoms in total. The lowest BCUT2D eigenvalue weighted by Gasteiger charge is -2.25. The summed E-state index contributed by atoms with van der Waals surface area (Å²) < 4.78 is 12.8. The molecule has 0 spiro atoms. The number of benzene rings is 2. The number of methoxy groups -OCH3 is 1. The molecule has 0 saturated carbocycles. The van der Waals surface area contributed by atoms with Crippen LogP contribution in [-0.4, -0.2) is 24.3 Å². The Morgan fingerprint density at radius 1 is 1.21 bits per heavy atom. The van der Waals surface area contributed by atoms with Crippen molar-refractivity contribution >= 4 is 23.4 Å². The van der Waals surface area contributed by atoms with Crippen molar-refractivity contribution in [1.82, 2.24) is 4.57 Å². The maximum atomic E-state index is 13.6. The van der Waals surface area contributed by atoms with E-state index >= 15 is 0 Å². The fourth-order valence-electron chi connectivity index (χ4n) is 3.82. The Kier molecular flexibility index (Phi) is 6.70. The molecular weight excluding hydrogens is 436 g/mol. The van der Waals surface area contributed by atoms with Gasteiger partial charge in [-0.15, -0.1) is 0 Å². The molecule has 0 bridgehead atoms. The lowest BCUT2D eigenvalue weighted by molar-refractivity contribution is -0.136. The molecule has 0 radical (unpaired) electrons. The number of rotatable bonds is 7. The lowest BCUT2D eigenvalue weighted by Crippen LogP contribution is -2.40. The Morgan fingerprint density at radius 3 is 2.70 bits per heavy atom. The third-order valence-corrected chi connectivity index (χ3v) is 6.27. The molecule has 2 heterocycles. The van der Waals surface area contributed by atoms with Gasteiger partial charge in [0, 0.05) is 0 Å².